The predicted octanol–water partition coefficient (Wildman–Crippen LogP) is 3.42. The molecule has 0 N–H and O–H groups in total. The van der Waals surface area contributed by atoms with Gasteiger partial charge in [0.2, 0.25) is 0 Å². The van der Waals surface area contributed by atoms with Crippen molar-refractivity contribution in [2.24, 2.45) is 0 Å². The van der Waals surface area contributed by atoms with E-state index in [1.807, 2.05) is 25.1 Å². The fourth-order valence-corrected chi connectivity index (χ4v) is 2.77. The van der Waals surface area contributed by atoms with Crippen LogP contribution in [0.5, 0.6) is 5.75 Å². The molecule has 3 aromatic rings. The molecule has 0 spiro atoms. The van der Waals surface area contributed by atoms with Crippen LogP contribution >= 0.6 is 0 Å². The Morgan fingerprint density at radius 2 is 2.20 bits per heavy atom. The van der Waals surface area contributed by atoms with Gasteiger partial charge < -0.3 is 14.0 Å². The van der Waals surface area contributed by atoms with Crippen LogP contribution in [0.1, 0.15) is 28.7 Å². The maximum Gasteiger partial charge on any atom is 0.357 e. The van der Waals surface area contributed by atoms with E-state index in [1.54, 1.807) is 30.5 Å². The largest absolute Gasteiger partial charge is 0.490 e. The van der Waals surface area contributed by atoms with Crippen molar-refractivity contribution in [2.45, 2.75) is 26.1 Å². The number of hydrogen-bond acceptors (Lipinski definition) is 6. The normalized spacial score (nSPS) is 15.5. The van der Waals surface area contributed by atoms with Gasteiger partial charge in [-0.05, 0) is 30.7 Å². The van der Waals surface area contributed by atoms with Crippen LogP contribution in [0.2, 0.25) is 0 Å². The number of benzene rings is 1. The Labute approximate surface area is 144 Å². The summed E-state index contributed by atoms with van der Waals surface area (Å²) in [6, 6.07) is 12.8. The van der Waals surface area contributed by atoms with Crippen molar-refractivity contribution in [3.05, 3.63) is 65.6 Å². The highest BCUT2D eigenvalue weighted by molar-refractivity contribution is 5.87. The molecule has 1 aliphatic rings. The lowest BCUT2D eigenvalue weighted by atomic mass is 10.1. The van der Waals surface area contributed by atoms with Gasteiger partial charge in [-0.3, -0.25) is 0 Å². The minimum atomic E-state index is -0.495. The molecule has 0 fully saturated rings. The maximum absolute atomic E-state index is 11.9. The van der Waals surface area contributed by atoms with E-state index in [4.69, 9.17) is 14.0 Å². The van der Waals surface area contributed by atoms with Gasteiger partial charge in [-0.25, -0.2) is 9.78 Å². The molecule has 2 aromatic heterocycles. The third kappa shape index (κ3) is 3.24. The van der Waals surface area contributed by atoms with Crippen LogP contribution in [0.25, 0.3) is 11.3 Å². The van der Waals surface area contributed by atoms with Crippen molar-refractivity contribution in [1.82, 2.24) is 10.1 Å². The van der Waals surface area contributed by atoms with E-state index in [-0.39, 0.29) is 18.4 Å². The third-order valence-corrected chi connectivity index (χ3v) is 3.97. The van der Waals surface area contributed by atoms with Gasteiger partial charge in [0.15, 0.2) is 5.76 Å². The number of hydrogen-bond donors (Lipinski definition) is 0. The second-order valence-corrected chi connectivity index (χ2v) is 5.93. The van der Waals surface area contributed by atoms with E-state index in [0.717, 1.165) is 17.7 Å². The van der Waals surface area contributed by atoms with E-state index in [9.17, 15) is 4.79 Å². The minimum absolute atomic E-state index is 0.0252. The van der Waals surface area contributed by atoms with Gasteiger partial charge in [0, 0.05) is 24.2 Å². The van der Waals surface area contributed by atoms with Gasteiger partial charge in [0.25, 0.3) is 0 Å². The van der Waals surface area contributed by atoms with Crippen molar-refractivity contribution in [3.63, 3.8) is 0 Å². The monoisotopic (exact) mass is 336 g/mol. The zero-order valence-electron chi connectivity index (χ0n) is 13.6. The molecule has 1 aliphatic heterocycles. The quantitative estimate of drug-likeness (QED) is 0.680. The molecule has 0 radical (unpaired) electrons. The first-order valence-corrected chi connectivity index (χ1v) is 8.03. The molecule has 0 aliphatic carbocycles. The lowest BCUT2D eigenvalue weighted by molar-refractivity contribution is 0.0457. The lowest BCUT2D eigenvalue weighted by Crippen LogP contribution is -2.06. The standard InChI is InChI=1S/C19H16N2O4/c1-12-8-13-5-6-14(9-17(13)24-12)18-10-15(21-25-18)11-23-19(22)16-4-2-3-7-20-16/h2-7,9-10,12H,8,11H2,1H3. The Morgan fingerprint density at radius 1 is 1.28 bits per heavy atom. The Morgan fingerprint density at radius 3 is 3.04 bits per heavy atom. The van der Waals surface area contributed by atoms with E-state index < -0.39 is 5.97 Å². The number of pyridine rings is 1. The van der Waals surface area contributed by atoms with Crippen molar-refractivity contribution in [3.8, 4) is 17.1 Å². The van der Waals surface area contributed by atoms with Gasteiger partial charge >= 0.3 is 5.97 Å². The smallest absolute Gasteiger partial charge is 0.357 e. The molecule has 1 atom stereocenters. The van der Waals surface area contributed by atoms with Gasteiger partial charge in [0.05, 0.1) is 0 Å². The van der Waals surface area contributed by atoms with Crippen LogP contribution in [-0.2, 0) is 17.8 Å². The summed E-state index contributed by atoms with van der Waals surface area (Å²) in [5, 5.41) is 3.95. The number of ether oxygens (including phenoxy) is 2. The Kier molecular flexibility index (Phi) is 3.93. The highest BCUT2D eigenvalue weighted by Crippen LogP contribution is 2.33. The molecular formula is C19H16N2O4. The summed E-state index contributed by atoms with van der Waals surface area (Å²) in [5.41, 5.74) is 2.87. The zero-order chi connectivity index (χ0) is 17.2. The fourth-order valence-electron chi connectivity index (χ4n) is 2.77. The molecule has 1 unspecified atom stereocenters. The Balaban J connectivity index is 1.44. The molecule has 1 aromatic carbocycles. The molecule has 3 heterocycles. The van der Waals surface area contributed by atoms with Crippen LogP contribution in [0.15, 0.2) is 53.2 Å². The number of carbonyl (C=O) groups is 1. The Bertz CT molecular complexity index is 905. The maximum atomic E-state index is 11.9. The summed E-state index contributed by atoms with van der Waals surface area (Å²) in [5.74, 6) is 0.990. The molecule has 0 amide bonds. The van der Waals surface area contributed by atoms with Crippen molar-refractivity contribution >= 4 is 5.97 Å². The molecule has 4 rings (SSSR count). The van der Waals surface area contributed by atoms with Crippen molar-refractivity contribution in [2.75, 3.05) is 0 Å². The minimum Gasteiger partial charge on any atom is -0.490 e. The summed E-state index contributed by atoms with van der Waals surface area (Å²) in [6.45, 7) is 2.07. The number of aromatic nitrogens is 2. The first-order valence-electron chi connectivity index (χ1n) is 8.03. The summed E-state index contributed by atoms with van der Waals surface area (Å²) >= 11 is 0. The summed E-state index contributed by atoms with van der Waals surface area (Å²) in [4.78, 5) is 15.8. The number of nitrogens with zero attached hydrogens (tertiary/aromatic N) is 2. The average Bonchev–Trinajstić information content (AvgIpc) is 3.25. The SMILES string of the molecule is CC1Cc2ccc(-c3cc(COC(=O)c4ccccn4)no3)cc2O1. The highest BCUT2D eigenvalue weighted by atomic mass is 16.5. The second-order valence-electron chi connectivity index (χ2n) is 5.93. The third-order valence-electron chi connectivity index (χ3n) is 3.97. The molecule has 25 heavy (non-hydrogen) atoms. The summed E-state index contributed by atoms with van der Waals surface area (Å²) < 4.78 is 16.3. The van der Waals surface area contributed by atoms with Crippen LogP contribution in [0.4, 0.5) is 0 Å². The van der Waals surface area contributed by atoms with E-state index in [1.165, 1.54) is 5.56 Å². The van der Waals surface area contributed by atoms with Crippen molar-refractivity contribution < 1.29 is 18.8 Å². The molecular weight excluding hydrogens is 320 g/mol. The van der Waals surface area contributed by atoms with Gasteiger partial charge in [0.1, 0.15) is 29.8 Å². The van der Waals surface area contributed by atoms with E-state index >= 15 is 0 Å². The molecule has 0 saturated heterocycles. The van der Waals surface area contributed by atoms with Gasteiger partial charge in [-0.15, -0.1) is 0 Å². The molecule has 126 valence electrons. The first-order chi connectivity index (χ1) is 12.2. The number of fused-ring (bicyclic) bond motifs is 1. The van der Waals surface area contributed by atoms with E-state index in [2.05, 4.69) is 10.1 Å². The fraction of sp³-hybridized carbons (Fsp3) is 0.211. The van der Waals surface area contributed by atoms with Crippen LogP contribution in [-0.4, -0.2) is 22.2 Å². The molecule has 0 saturated carbocycles. The van der Waals surface area contributed by atoms with Crippen LogP contribution < -0.4 is 4.74 Å². The number of carbonyl (C=O) groups excluding carboxylic acids is 1. The number of esters is 1. The summed E-state index contributed by atoms with van der Waals surface area (Å²) in [7, 11) is 0. The van der Waals surface area contributed by atoms with Crippen LogP contribution in [0, 0.1) is 0 Å². The zero-order valence-corrected chi connectivity index (χ0v) is 13.6. The Hall–Kier alpha value is -3.15. The van der Waals surface area contributed by atoms with Crippen molar-refractivity contribution in [1.29, 1.82) is 0 Å². The van der Waals surface area contributed by atoms with Gasteiger partial charge in [-0.2, -0.15) is 0 Å². The van der Waals surface area contributed by atoms with E-state index in [0.29, 0.717) is 11.5 Å². The average molecular weight is 336 g/mol. The molecule has 6 nitrogen and oxygen atoms in total. The highest BCUT2D eigenvalue weighted by Gasteiger charge is 2.20. The summed E-state index contributed by atoms with van der Waals surface area (Å²) in [6.07, 6.45) is 2.66. The lowest BCUT2D eigenvalue weighted by Gasteiger charge is -2.03. The first kappa shape index (κ1) is 15.4. The number of rotatable bonds is 4. The molecule has 0 bridgehead atoms. The molecule has 6 heteroatoms. The predicted molar refractivity (Wildman–Crippen MR) is 89.1 cm³/mol. The second kappa shape index (κ2) is 6.39. The van der Waals surface area contributed by atoms with Gasteiger partial charge in [-0.1, -0.05) is 23.4 Å². The van der Waals surface area contributed by atoms with Crippen LogP contribution in [0.3, 0.4) is 0 Å². The topological polar surface area (TPSA) is 74.5 Å².